The summed E-state index contributed by atoms with van der Waals surface area (Å²) in [5.41, 5.74) is -0.470. The van der Waals surface area contributed by atoms with E-state index in [-0.39, 0.29) is 17.9 Å². The van der Waals surface area contributed by atoms with E-state index in [1.807, 2.05) is 6.07 Å². The molecule has 0 saturated carbocycles. The Kier molecular flexibility index (Phi) is 7.47. The summed E-state index contributed by atoms with van der Waals surface area (Å²) in [6, 6.07) is 16.8. The quantitative estimate of drug-likeness (QED) is 0.396. The summed E-state index contributed by atoms with van der Waals surface area (Å²) in [4.78, 5) is 29.3. The molecule has 3 aromatic carbocycles. The van der Waals surface area contributed by atoms with Gasteiger partial charge in [0.1, 0.15) is 17.2 Å². The number of carbonyl (C=O) groups is 2. The number of aliphatic hydroxyl groups is 1. The lowest BCUT2D eigenvalue weighted by atomic mass is 9.81. The Balaban J connectivity index is 1.97. The van der Waals surface area contributed by atoms with E-state index in [0.717, 1.165) is 0 Å². The lowest BCUT2D eigenvalue weighted by Gasteiger charge is -2.37. The lowest BCUT2D eigenvalue weighted by molar-refractivity contribution is -0.131. The van der Waals surface area contributed by atoms with Crippen molar-refractivity contribution in [3.8, 4) is 28.7 Å². The number of benzene rings is 3. The van der Waals surface area contributed by atoms with Crippen LogP contribution in [0.4, 0.5) is 0 Å². The van der Waals surface area contributed by atoms with Gasteiger partial charge in [0.25, 0.3) is 5.91 Å². The molecule has 9 heteroatoms. The number of ether oxygens (including phenoxy) is 5. The van der Waals surface area contributed by atoms with E-state index in [1.165, 1.54) is 39.4 Å². The summed E-state index contributed by atoms with van der Waals surface area (Å²) >= 11 is 0. The summed E-state index contributed by atoms with van der Waals surface area (Å²) in [5, 5.41) is 10.8. The van der Waals surface area contributed by atoms with E-state index < -0.39 is 23.0 Å². The molecule has 0 fully saturated rings. The molecule has 38 heavy (non-hydrogen) atoms. The fraction of sp³-hybridized carbons (Fsp3) is 0.241. The molecule has 198 valence electrons. The second-order valence-corrected chi connectivity index (χ2v) is 8.50. The van der Waals surface area contributed by atoms with Crippen LogP contribution >= 0.6 is 0 Å². The zero-order valence-electron chi connectivity index (χ0n) is 21.8. The van der Waals surface area contributed by atoms with Gasteiger partial charge in [-0.05, 0) is 47.5 Å². The predicted molar refractivity (Wildman–Crippen MR) is 139 cm³/mol. The molecule has 1 amide bonds. The third-order valence-electron chi connectivity index (χ3n) is 6.53. The summed E-state index contributed by atoms with van der Waals surface area (Å²) in [7, 11) is 7.47. The highest BCUT2D eigenvalue weighted by atomic mass is 16.5. The molecule has 0 spiro atoms. The fourth-order valence-corrected chi connectivity index (χ4v) is 4.61. The monoisotopic (exact) mass is 519 g/mol. The van der Waals surface area contributed by atoms with Crippen molar-refractivity contribution < 1.29 is 38.4 Å². The molecule has 0 saturated heterocycles. The van der Waals surface area contributed by atoms with Gasteiger partial charge in [-0.25, -0.2) is 0 Å². The van der Waals surface area contributed by atoms with Crippen LogP contribution in [-0.4, -0.2) is 57.2 Å². The van der Waals surface area contributed by atoms with Gasteiger partial charge in [-0.2, -0.15) is 0 Å². The van der Waals surface area contributed by atoms with Crippen molar-refractivity contribution in [2.24, 2.45) is 0 Å². The van der Waals surface area contributed by atoms with Crippen molar-refractivity contribution in [2.45, 2.75) is 12.1 Å². The first-order valence-corrected chi connectivity index (χ1v) is 11.7. The van der Waals surface area contributed by atoms with Crippen molar-refractivity contribution in [3.63, 3.8) is 0 Å². The predicted octanol–water partition coefficient (Wildman–Crippen LogP) is 4.29. The van der Waals surface area contributed by atoms with Crippen LogP contribution in [0.25, 0.3) is 0 Å². The molecule has 0 radical (unpaired) electrons. The minimum absolute atomic E-state index is 0.00481. The number of methoxy groups -OCH3 is 5. The molecule has 0 bridgehead atoms. The van der Waals surface area contributed by atoms with Gasteiger partial charge in [-0.1, -0.05) is 18.2 Å². The molecular formula is C29H29NO8. The average Bonchev–Trinajstić information content (AvgIpc) is 3.21. The number of hydrogen-bond donors (Lipinski definition) is 1. The van der Waals surface area contributed by atoms with Crippen molar-refractivity contribution >= 4 is 11.7 Å². The van der Waals surface area contributed by atoms with Gasteiger partial charge >= 0.3 is 0 Å². The Morgan fingerprint density at radius 2 is 1.47 bits per heavy atom. The van der Waals surface area contributed by atoms with Crippen LogP contribution in [0.3, 0.4) is 0 Å². The molecule has 0 aromatic heterocycles. The number of rotatable bonds is 10. The van der Waals surface area contributed by atoms with E-state index in [2.05, 4.69) is 0 Å². The lowest BCUT2D eigenvalue weighted by Crippen LogP contribution is -2.49. The van der Waals surface area contributed by atoms with Crippen LogP contribution in [0, 0.1) is 0 Å². The fourth-order valence-electron chi connectivity index (χ4n) is 4.61. The topological polar surface area (TPSA) is 104 Å². The van der Waals surface area contributed by atoms with Gasteiger partial charge in [0.05, 0.1) is 41.1 Å². The molecule has 4 rings (SSSR count). The number of aliphatic hydroxyl groups excluding tert-OH is 1. The first kappa shape index (κ1) is 26.4. The number of ketones is 1. The molecule has 1 aliphatic rings. The summed E-state index contributed by atoms with van der Waals surface area (Å²) in [6.07, 6.45) is 1.27. The second-order valence-electron chi connectivity index (χ2n) is 8.50. The molecule has 1 aliphatic heterocycles. The van der Waals surface area contributed by atoms with Crippen LogP contribution in [0.1, 0.15) is 21.5 Å². The van der Waals surface area contributed by atoms with Crippen molar-refractivity contribution in [1.29, 1.82) is 0 Å². The summed E-state index contributed by atoms with van der Waals surface area (Å²) < 4.78 is 27.0. The van der Waals surface area contributed by atoms with Crippen LogP contribution in [0.5, 0.6) is 28.7 Å². The first-order chi connectivity index (χ1) is 18.3. The number of hydrogen-bond acceptors (Lipinski definition) is 8. The minimum Gasteiger partial charge on any atom is -0.503 e. The number of Topliss-reactive ketones (excluding diaryl/α,β-unsaturated/α-hetero) is 1. The van der Waals surface area contributed by atoms with E-state index in [1.54, 1.807) is 61.7 Å². The van der Waals surface area contributed by atoms with Gasteiger partial charge < -0.3 is 33.7 Å². The van der Waals surface area contributed by atoms with Gasteiger partial charge in [0, 0.05) is 18.7 Å². The van der Waals surface area contributed by atoms with Gasteiger partial charge in [0.2, 0.25) is 5.78 Å². The number of amides is 1. The smallest absolute Gasteiger partial charge is 0.290 e. The third-order valence-corrected chi connectivity index (χ3v) is 6.53. The van der Waals surface area contributed by atoms with E-state index in [0.29, 0.717) is 34.1 Å². The highest BCUT2D eigenvalue weighted by molar-refractivity contribution is 6.13. The van der Waals surface area contributed by atoms with Crippen LogP contribution in [-0.2, 0) is 16.9 Å². The van der Waals surface area contributed by atoms with Crippen molar-refractivity contribution in [3.05, 3.63) is 89.2 Å². The maximum absolute atomic E-state index is 14.6. The van der Waals surface area contributed by atoms with Crippen LogP contribution < -0.4 is 23.7 Å². The van der Waals surface area contributed by atoms with Crippen molar-refractivity contribution in [1.82, 2.24) is 4.90 Å². The number of carbonyl (C=O) groups excluding carboxylic acids is 2. The van der Waals surface area contributed by atoms with E-state index >= 15 is 0 Å². The minimum atomic E-state index is -1.74. The molecule has 1 unspecified atom stereocenters. The molecule has 9 nitrogen and oxygen atoms in total. The van der Waals surface area contributed by atoms with Crippen LogP contribution in [0.2, 0.25) is 0 Å². The average molecular weight is 520 g/mol. The molecule has 0 aliphatic carbocycles. The Hall–Kier alpha value is -4.66. The van der Waals surface area contributed by atoms with Crippen molar-refractivity contribution in [2.75, 3.05) is 35.5 Å². The highest BCUT2D eigenvalue weighted by Gasteiger charge is 2.53. The molecule has 1 N–H and O–H groups in total. The number of nitrogens with zero attached hydrogens (tertiary/aromatic N) is 1. The first-order valence-electron chi connectivity index (χ1n) is 11.7. The molecule has 3 aromatic rings. The Morgan fingerprint density at radius 3 is 2.13 bits per heavy atom. The second kappa shape index (κ2) is 10.8. The van der Waals surface area contributed by atoms with Crippen LogP contribution in [0.15, 0.2) is 72.5 Å². The SMILES string of the molecule is COc1cccc(CN2C(=O)C(O)=CC2(C(=O)c2ccc(OC)cc2OC)c2ccc(OC)c(OC)c2)c1. The van der Waals surface area contributed by atoms with E-state index in [4.69, 9.17) is 23.7 Å². The van der Waals surface area contributed by atoms with Gasteiger partial charge in [-0.15, -0.1) is 0 Å². The third kappa shape index (κ3) is 4.47. The summed E-state index contributed by atoms with van der Waals surface area (Å²) in [5.74, 6) is 0.378. The van der Waals surface area contributed by atoms with Gasteiger partial charge in [-0.3, -0.25) is 9.59 Å². The van der Waals surface area contributed by atoms with E-state index in [9.17, 15) is 14.7 Å². The largest absolute Gasteiger partial charge is 0.503 e. The highest BCUT2D eigenvalue weighted by Crippen LogP contribution is 2.45. The Morgan fingerprint density at radius 1 is 0.789 bits per heavy atom. The summed E-state index contributed by atoms with van der Waals surface area (Å²) in [6.45, 7) is -0.00481. The standard InChI is InChI=1S/C29H29NO8/c1-34-20-8-6-7-18(13-20)17-30-28(33)23(31)16-29(30,19-9-12-24(36-3)26(14-19)38-5)27(32)22-11-10-21(35-2)15-25(22)37-4/h6-16,31H,17H2,1-5H3. The maximum Gasteiger partial charge on any atom is 0.290 e. The molecule has 1 heterocycles. The molecular weight excluding hydrogens is 490 g/mol. The molecule has 1 atom stereocenters. The Labute approximate surface area is 220 Å². The Bertz CT molecular complexity index is 1400. The normalized spacial score (nSPS) is 16.6. The maximum atomic E-state index is 14.6. The zero-order chi connectivity index (χ0) is 27.4. The van der Waals surface area contributed by atoms with Gasteiger partial charge in [0.15, 0.2) is 22.8 Å². The zero-order valence-corrected chi connectivity index (χ0v) is 21.8.